The molecule has 5 aromatic rings. The van der Waals surface area contributed by atoms with Gasteiger partial charge in [0.15, 0.2) is 0 Å². The minimum Gasteiger partial charge on any atom is -0.126 e. The van der Waals surface area contributed by atoms with Crippen molar-refractivity contribution in [1.29, 1.82) is 0 Å². The molecule has 0 spiro atoms. The number of benzene rings is 3. The van der Waals surface area contributed by atoms with Crippen LogP contribution in [0.3, 0.4) is 0 Å². The van der Waals surface area contributed by atoms with E-state index in [0.717, 1.165) is 13.0 Å². The van der Waals surface area contributed by atoms with Crippen LogP contribution in [0.4, 0.5) is 0 Å². The fraction of sp³-hybridized carbons (Fsp3) is 0.351. The summed E-state index contributed by atoms with van der Waals surface area (Å²) in [6.45, 7) is 22.7. The van der Waals surface area contributed by atoms with E-state index in [1.54, 1.807) is 0 Å². The first kappa shape index (κ1) is 36.2. The van der Waals surface area contributed by atoms with E-state index in [0.29, 0.717) is 0 Å². The average molecular weight is 628 g/mol. The number of rotatable bonds is 5. The standard InChI is InChI=1S/C17H11.C10H21O.C9H13.CH3.Si.Zr/c1-3-7-15-12(5-1)9-10-14-11-13-6-2-4-8-16(13)17(14)15;1-5-6-7-8-9-11-10(2,3)4;1-6-5-7(2)9(4)8(6)3;;;/h1-11H;1,5-9H2,2-4H3;5H,1-4H3;1H3;;/q4*-1;;. The monoisotopic (exact) mass is 626 g/mol. The number of ether oxygens (including phenoxy) is 1. The Balaban J connectivity index is 0.000000306. The summed E-state index contributed by atoms with van der Waals surface area (Å²) in [5.41, 5.74) is 5.78. The summed E-state index contributed by atoms with van der Waals surface area (Å²) in [4.78, 5) is 0. The average Bonchev–Trinajstić information content (AvgIpc) is 3.42. The van der Waals surface area contributed by atoms with Crippen LogP contribution in [-0.2, 0) is 28.1 Å². The summed E-state index contributed by atoms with van der Waals surface area (Å²) < 4.78 is 5.56. The molecule has 0 amide bonds. The minimum atomic E-state index is 0. The van der Waals surface area contributed by atoms with E-state index >= 15 is 0 Å². The van der Waals surface area contributed by atoms with Gasteiger partial charge in [0.2, 0.25) is 0 Å². The van der Waals surface area contributed by atoms with E-state index in [1.165, 1.54) is 97.2 Å². The normalized spacial score (nSPS) is 10.6. The summed E-state index contributed by atoms with van der Waals surface area (Å²) in [5, 5.41) is 8.09. The molecule has 0 aliphatic heterocycles. The van der Waals surface area contributed by atoms with Crippen molar-refractivity contribution in [2.45, 2.75) is 79.8 Å². The quantitative estimate of drug-likeness (QED) is 0.107. The topological polar surface area (TPSA) is 9.23 Å². The Labute approximate surface area is 261 Å². The van der Waals surface area contributed by atoms with Crippen molar-refractivity contribution in [3.63, 3.8) is 0 Å². The van der Waals surface area contributed by atoms with Crippen LogP contribution in [0.1, 0.15) is 68.7 Å². The van der Waals surface area contributed by atoms with Gasteiger partial charge in [0.1, 0.15) is 0 Å². The van der Waals surface area contributed by atoms with E-state index in [2.05, 4.69) is 135 Å². The predicted molar refractivity (Wildman–Crippen MR) is 177 cm³/mol. The molecule has 3 heteroatoms. The van der Waals surface area contributed by atoms with Gasteiger partial charge < -0.3 is 19.1 Å². The first-order valence-corrected chi connectivity index (χ1v) is 18.1. The first-order chi connectivity index (χ1) is 18.6. The number of hydrogen-bond donors (Lipinski definition) is 0. The molecule has 0 N–H and O–H groups in total. The second-order valence-corrected chi connectivity index (χ2v) is 11.1. The zero-order valence-corrected chi connectivity index (χ0v) is 29.5. The molecule has 0 bridgehead atoms. The second kappa shape index (κ2) is 17.9. The second-order valence-electron chi connectivity index (χ2n) is 11.1. The van der Waals surface area contributed by atoms with Crippen LogP contribution in [0.5, 0.6) is 0 Å². The van der Waals surface area contributed by atoms with Gasteiger partial charge in [0.05, 0.1) is 5.60 Å². The Morgan fingerprint density at radius 2 is 1.30 bits per heavy atom. The van der Waals surface area contributed by atoms with Crippen LogP contribution in [0.25, 0.3) is 32.3 Å². The summed E-state index contributed by atoms with van der Waals surface area (Å²) in [6, 6.07) is 26.2. The molecule has 0 heterocycles. The fourth-order valence-corrected chi connectivity index (χ4v) is 4.69. The summed E-state index contributed by atoms with van der Waals surface area (Å²) in [5.74, 6) is 0. The zero-order chi connectivity index (χ0) is 29.0. The number of aryl methyl sites for hydroxylation is 2. The van der Waals surface area contributed by atoms with Crippen LogP contribution in [0.2, 0.25) is 0 Å². The third-order valence-corrected chi connectivity index (χ3v) is 7.11. The van der Waals surface area contributed by atoms with Crippen LogP contribution in [-0.4, -0.2) is 19.1 Å². The third-order valence-electron chi connectivity index (χ3n) is 7.11. The molecule has 5 rings (SSSR count). The smallest absolute Gasteiger partial charge is 0.0333 e. The molecular formula is C37H48OSiZr-4. The predicted octanol–water partition coefficient (Wildman–Crippen LogP) is 10.8. The van der Waals surface area contributed by atoms with E-state index < -0.39 is 0 Å². The molecule has 2 radical (unpaired) electrons. The third kappa shape index (κ3) is 10.6. The number of unbranched alkanes of at least 4 members (excludes halogenated alkanes) is 3. The molecule has 0 fully saturated rings. The van der Waals surface area contributed by atoms with Gasteiger partial charge in [-0.05, 0) is 32.6 Å². The zero-order valence-electron chi connectivity index (χ0n) is 26.1. The molecule has 0 atom stereocenters. The first-order valence-electron chi connectivity index (χ1n) is 14.0. The van der Waals surface area contributed by atoms with Gasteiger partial charge in [-0.25, -0.2) is 0 Å². The maximum Gasteiger partial charge on any atom is -0.0333 e. The van der Waals surface area contributed by atoms with Crippen LogP contribution in [0.15, 0.2) is 72.8 Å². The van der Waals surface area contributed by atoms with E-state index in [4.69, 9.17) is 4.74 Å². The molecule has 5 aromatic carbocycles. The molecule has 214 valence electrons. The van der Waals surface area contributed by atoms with E-state index in [1.807, 2.05) is 0 Å². The van der Waals surface area contributed by atoms with E-state index in [-0.39, 0.29) is 13.0 Å². The van der Waals surface area contributed by atoms with Gasteiger partial charge in [0, 0.05) is 6.61 Å². The van der Waals surface area contributed by atoms with Crippen molar-refractivity contribution < 1.29 is 28.1 Å². The molecule has 1 nitrogen and oxygen atoms in total. The van der Waals surface area contributed by atoms with Gasteiger partial charge >= 0.3 is 30.2 Å². The number of hydrogen-bond acceptors (Lipinski definition) is 1. The van der Waals surface area contributed by atoms with Crippen LogP contribution in [0, 0.1) is 42.0 Å². The van der Waals surface area contributed by atoms with Gasteiger partial charge in [-0.3, -0.25) is 0 Å². The van der Waals surface area contributed by atoms with Gasteiger partial charge in [-0.15, -0.1) is 39.7 Å². The summed E-state index contributed by atoms with van der Waals surface area (Å²) in [6.07, 6.45) is 4.70. The molecule has 0 saturated carbocycles. The van der Waals surface area contributed by atoms with Gasteiger partial charge in [-0.2, -0.15) is 34.7 Å². The van der Waals surface area contributed by atoms with E-state index in [9.17, 15) is 0 Å². The van der Waals surface area contributed by atoms with Crippen molar-refractivity contribution in [2.75, 3.05) is 6.61 Å². The Kier molecular flexibility index (Phi) is 16.2. The Morgan fingerprint density at radius 3 is 1.85 bits per heavy atom. The molecule has 0 aliphatic carbocycles. The van der Waals surface area contributed by atoms with Crippen molar-refractivity contribution in [1.82, 2.24) is 0 Å². The van der Waals surface area contributed by atoms with Crippen molar-refractivity contribution >= 4 is 39.2 Å². The van der Waals surface area contributed by atoms with Crippen molar-refractivity contribution in [3.8, 4) is 0 Å². The molecular weight excluding hydrogens is 580 g/mol. The van der Waals surface area contributed by atoms with Crippen molar-refractivity contribution in [3.05, 3.63) is 109 Å². The maximum atomic E-state index is 5.56. The maximum absolute atomic E-state index is 5.56. The van der Waals surface area contributed by atoms with Crippen molar-refractivity contribution in [2.24, 2.45) is 0 Å². The Bertz CT molecular complexity index is 1410. The molecule has 40 heavy (non-hydrogen) atoms. The summed E-state index contributed by atoms with van der Waals surface area (Å²) in [7, 11) is 0. The molecule has 0 aliphatic rings. The van der Waals surface area contributed by atoms with Gasteiger partial charge in [-0.1, -0.05) is 94.5 Å². The van der Waals surface area contributed by atoms with Crippen LogP contribution < -0.4 is 0 Å². The molecule has 0 aromatic heterocycles. The minimum absolute atomic E-state index is 0. The Morgan fingerprint density at radius 1 is 0.725 bits per heavy atom. The fourth-order valence-electron chi connectivity index (χ4n) is 4.69. The number of fused-ring (bicyclic) bond motifs is 5. The largest absolute Gasteiger partial charge is 0.126 e. The summed E-state index contributed by atoms with van der Waals surface area (Å²) >= 11 is 1.36. The Hall–Kier alpha value is -1.80. The molecule has 0 unspecified atom stereocenters. The molecule has 0 saturated heterocycles. The van der Waals surface area contributed by atoms with Crippen LogP contribution >= 0.6 is 0 Å². The van der Waals surface area contributed by atoms with Gasteiger partial charge in [0.25, 0.3) is 0 Å². The SMILES string of the molecule is Cc1[cH-]c(C)c(C)c1C.[CH2-]CCCCCOC(C)(C)C.[CH3-].[Si]=[Zr].c1ccc2c(c1)ccc1[cH-]c3ccccc3c12.